The minimum absolute atomic E-state index is 0.0875. The number of hydrogen-bond acceptors (Lipinski definition) is 5. The number of ether oxygens (including phenoxy) is 2. The van der Waals surface area contributed by atoms with Crippen LogP contribution in [0.3, 0.4) is 0 Å². The molecule has 7 heteroatoms. The van der Waals surface area contributed by atoms with E-state index in [1.165, 1.54) is 4.57 Å². The van der Waals surface area contributed by atoms with Gasteiger partial charge in [-0.3, -0.25) is 14.2 Å². The first-order valence-electron chi connectivity index (χ1n) is 8.47. The molecule has 3 aromatic rings. The third-order valence-electron chi connectivity index (χ3n) is 4.29. The highest BCUT2D eigenvalue weighted by molar-refractivity contribution is 5.79. The average Bonchev–Trinajstić information content (AvgIpc) is 2.69. The number of nitrogens with one attached hydrogen (secondary N) is 1. The fourth-order valence-corrected chi connectivity index (χ4v) is 2.86. The maximum atomic E-state index is 12.6. The molecule has 27 heavy (non-hydrogen) atoms. The summed E-state index contributed by atoms with van der Waals surface area (Å²) in [6.45, 7) is 1.94. The number of aromatic nitrogens is 2. The summed E-state index contributed by atoms with van der Waals surface area (Å²) in [6.07, 6.45) is 0. The Kier molecular flexibility index (Phi) is 5.40. The summed E-state index contributed by atoms with van der Waals surface area (Å²) in [5.41, 5.74) is 1.27. The fraction of sp³-hybridized carbons (Fsp3) is 0.250. The monoisotopic (exact) mass is 367 g/mol. The normalized spacial score (nSPS) is 10.6. The van der Waals surface area contributed by atoms with Crippen LogP contribution in [0.5, 0.6) is 11.5 Å². The van der Waals surface area contributed by atoms with Crippen LogP contribution >= 0.6 is 0 Å². The summed E-state index contributed by atoms with van der Waals surface area (Å²) < 4.78 is 11.8. The van der Waals surface area contributed by atoms with Gasteiger partial charge in [0.05, 0.1) is 25.1 Å². The van der Waals surface area contributed by atoms with Gasteiger partial charge in [0.1, 0.15) is 12.4 Å². The van der Waals surface area contributed by atoms with E-state index < -0.39 is 0 Å². The second kappa shape index (κ2) is 7.90. The van der Waals surface area contributed by atoms with Crippen LogP contribution in [0.1, 0.15) is 11.4 Å². The fourth-order valence-electron chi connectivity index (χ4n) is 2.86. The molecule has 0 saturated heterocycles. The zero-order chi connectivity index (χ0) is 19.4. The summed E-state index contributed by atoms with van der Waals surface area (Å²) in [5.74, 6) is 1.44. The molecule has 0 fully saturated rings. The first kappa shape index (κ1) is 18.4. The SMILES string of the molecule is COc1ccc(CNC(=O)Cn2c(C)nc3ccccc3c2=O)cc1OC. The van der Waals surface area contributed by atoms with Gasteiger partial charge >= 0.3 is 0 Å². The van der Waals surface area contributed by atoms with Gasteiger partial charge in [0.2, 0.25) is 5.91 Å². The van der Waals surface area contributed by atoms with Crippen molar-refractivity contribution in [2.75, 3.05) is 14.2 Å². The zero-order valence-corrected chi connectivity index (χ0v) is 15.5. The molecule has 0 aliphatic heterocycles. The molecular formula is C20H21N3O4. The number of aryl methyl sites for hydroxylation is 1. The minimum atomic E-state index is -0.271. The van der Waals surface area contributed by atoms with Crippen molar-refractivity contribution in [1.29, 1.82) is 0 Å². The summed E-state index contributed by atoms with van der Waals surface area (Å²) >= 11 is 0. The first-order valence-corrected chi connectivity index (χ1v) is 8.47. The van der Waals surface area contributed by atoms with Gasteiger partial charge in [-0.2, -0.15) is 0 Å². The predicted molar refractivity (Wildman–Crippen MR) is 102 cm³/mol. The van der Waals surface area contributed by atoms with E-state index in [1.54, 1.807) is 51.5 Å². The number of methoxy groups -OCH3 is 2. The highest BCUT2D eigenvalue weighted by Gasteiger charge is 2.12. The Hall–Kier alpha value is -3.35. The maximum absolute atomic E-state index is 12.6. The topological polar surface area (TPSA) is 82.5 Å². The van der Waals surface area contributed by atoms with Crippen LogP contribution in [0.4, 0.5) is 0 Å². The van der Waals surface area contributed by atoms with E-state index in [-0.39, 0.29) is 18.0 Å². The third-order valence-corrected chi connectivity index (χ3v) is 4.29. The Morgan fingerprint density at radius 1 is 1.11 bits per heavy atom. The molecule has 7 nitrogen and oxygen atoms in total. The lowest BCUT2D eigenvalue weighted by Gasteiger charge is -2.12. The molecular weight excluding hydrogens is 346 g/mol. The number of nitrogens with zero attached hydrogens (tertiary/aromatic N) is 2. The van der Waals surface area contributed by atoms with Gasteiger partial charge in [0, 0.05) is 6.54 Å². The van der Waals surface area contributed by atoms with Gasteiger partial charge in [-0.05, 0) is 36.8 Å². The van der Waals surface area contributed by atoms with Gasteiger partial charge in [-0.15, -0.1) is 0 Å². The van der Waals surface area contributed by atoms with E-state index in [2.05, 4.69) is 10.3 Å². The molecule has 3 rings (SSSR count). The molecule has 0 atom stereocenters. The molecule has 0 saturated carbocycles. The number of rotatable bonds is 6. The third kappa shape index (κ3) is 3.92. The lowest BCUT2D eigenvalue weighted by atomic mass is 10.2. The summed E-state index contributed by atoms with van der Waals surface area (Å²) in [5, 5.41) is 3.31. The number of carbonyl (C=O) groups excluding carboxylic acids is 1. The van der Waals surface area contributed by atoms with Crippen molar-refractivity contribution >= 4 is 16.8 Å². The quantitative estimate of drug-likeness (QED) is 0.721. The number of para-hydroxylation sites is 1. The van der Waals surface area contributed by atoms with Gasteiger partial charge in [0.15, 0.2) is 11.5 Å². The van der Waals surface area contributed by atoms with E-state index in [0.29, 0.717) is 34.8 Å². The van der Waals surface area contributed by atoms with E-state index >= 15 is 0 Å². The number of carbonyl (C=O) groups is 1. The van der Waals surface area contributed by atoms with E-state index in [4.69, 9.17) is 9.47 Å². The molecule has 0 unspecified atom stereocenters. The lowest BCUT2D eigenvalue weighted by molar-refractivity contribution is -0.121. The highest BCUT2D eigenvalue weighted by atomic mass is 16.5. The van der Waals surface area contributed by atoms with Crippen LogP contribution in [0.2, 0.25) is 0 Å². The predicted octanol–water partition coefficient (Wildman–Crippen LogP) is 2.04. The molecule has 0 aliphatic rings. The second-order valence-electron chi connectivity index (χ2n) is 6.03. The molecule has 140 valence electrons. The molecule has 1 aromatic heterocycles. The highest BCUT2D eigenvalue weighted by Crippen LogP contribution is 2.27. The van der Waals surface area contributed by atoms with Crippen LogP contribution in [0.15, 0.2) is 47.3 Å². The molecule has 0 bridgehead atoms. The summed E-state index contributed by atoms with van der Waals surface area (Å²) in [6, 6.07) is 12.5. The number of amides is 1. The Labute approximate surface area is 156 Å². The van der Waals surface area contributed by atoms with Gasteiger partial charge < -0.3 is 14.8 Å². The standard InChI is InChI=1S/C20H21N3O4/c1-13-22-16-7-5-4-6-15(16)20(25)23(13)12-19(24)21-11-14-8-9-17(26-2)18(10-14)27-3/h4-10H,11-12H2,1-3H3,(H,21,24). The van der Waals surface area contributed by atoms with Crippen molar-refractivity contribution in [3.05, 3.63) is 64.2 Å². The van der Waals surface area contributed by atoms with Crippen molar-refractivity contribution in [3.8, 4) is 11.5 Å². The van der Waals surface area contributed by atoms with Crippen LogP contribution in [0.25, 0.3) is 10.9 Å². The van der Waals surface area contributed by atoms with Gasteiger partial charge in [-0.1, -0.05) is 18.2 Å². The Morgan fingerprint density at radius 3 is 2.59 bits per heavy atom. The summed E-state index contributed by atoms with van der Waals surface area (Å²) in [7, 11) is 3.12. The van der Waals surface area contributed by atoms with Gasteiger partial charge in [-0.25, -0.2) is 4.98 Å². The minimum Gasteiger partial charge on any atom is -0.493 e. The molecule has 0 spiro atoms. The van der Waals surface area contributed by atoms with Crippen LogP contribution in [-0.4, -0.2) is 29.7 Å². The molecule has 0 aliphatic carbocycles. The Balaban J connectivity index is 1.73. The van der Waals surface area contributed by atoms with Crippen molar-refractivity contribution in [2.24, 2.45) is 0 Å². The van der Waals surface area contributed by atoms with E-state index in [9.17, 15) is 9.59 Å². The number of fused-ring (bicyclic) bond motifs is 1. The molecule has 1 N–H and O–H groups in total. The van der Waals surface area contributed by atoms with Crippen molar-refractivity contribution in [2.45, 2.75) is 20.0 Å². The number of benzene rings is 2. The largest absolute Gasteiger partial charge is 0.493 e. The zero-order valence-electron chi connectivity index (χ0n) is 15.5. The molecule has 0 radical (unpaired) electrons. The molecule has 1 heterocycles. The Bertz CT molecular complexity index is 1040. The van der Waals surface area contributed by atoms with Gasteiger partial charge in [0.25, 0.3) is 5.56 Å². The first-order chi connectivity index (χ1) is 13.0. The van der Waals surface area contributed by atoms with Crippen molar-refractivity contribution in [3.63, 3.8) is 0 Å². The summed E-state index contributed by atoms with van der Waals surface area (Å²) in [4.78, 5) is 29.4. The lowest BCUT2D eigenvalue weighted by Crippen LogP contribution is -2.33. The number of hydrogen-bond donors (Lipinski definition) is 1. The van der Waals surface area contributed by atoms with Crippen molar-refractivity contribution < 1.29 is 14.3 Å². The molecule has 1 amide bonds. The van der Waals surface area contributed by atoms with E-state index in [0.717, 1.165) is 5.56 Å². The molecule has 2 aromatic carbocycles. The van der Waals surface area contributed by atoms with Crippen LogP contribution < -0.4 is 20.3 Å². The maximum Gasteiger partial charge on any atom is 0.261 e. The van der Waals surface area contributed by atoms with Crippen LogP contribution in [-0.2, 0) is 17.9 Å². The Morgan fingerprint density at radius 2 is 1.85 bits per heavy atom. The van der Waals surface area contributed by atoms with Crippen LogP contribution in [0, 0.1) is 6.92 Å². The van der Waals surface area contributed by atoms with E-state index in [1.807, 2.05) is 12.1 Å². The smallest absolute Gasteiger partial charge is 0.261 e. The average molecular weight is 367 g/mol. The van der Waals surface area contributed by atoms with Crippen molar-refractivity contribution in [1.82, 2.24) is 14.9 Å². The second-order valence-corrected chi connectivity index (χ2v) is 6.03.